The van der Waals surface area contributed by atoms with Gasteiger partial charge in [0, 0.05) is 24.6 Å². The summed E-state index contributed by atoms with van der Waals surface area (Å²) in [5, 5.41) is -0.238. The molecule has 0 amide bonds. The van der Waals surface area contributed by atoms with E-state index in [0.717, 1.165) is 31.7 Å². The summed E-state index contributed by atoms with van der Waals surface area (Å²) in [6.07, 6.45) is 5.05. The van der Waals surface area contributed by atoms with E-state index in [1.165, 1.54) is 25.4 Å². The summed E-state index contributed by atoms with van der Waals surface area (Å²) >= 11 is 5.85. The number of hydrogen-bond donors (Lipinski definition) is 0. The molecule has 1 spiro atoms. The van der Waals surface area contributed by atoms with Gasteiger partial charge < -0.3 is 18.9 Å². The van der Waals surface area contributed by atoms with E-state index in [0.29, 0.717) is 25.3 Å². The highest BCUT2D eigenvalue weighted by molar-refractivity contribution is 6.31. The van der Waals surface area contributed by atoms with E-state index >= 15 is 0 Å². The Morgan fingerprint density at radius 3 is 2.50 bits per heavy atom. The first-order chi connectivity index (χ1) is 16.3. The second-order valence-corrected chi connectivity index (χ2v) is 8.85. The van der Waals surface area contributed by atoms with Crippen molar-refractivity contribution >= 4 is 17.6 Å². The second-order valence-electron chi connectivity index (χ2n) is 8.45. The average molecular weight is 500 g/mol. The number of ether oxygens (including phenoxy) is 4. The van der Waals surface area contributed by atoms with Gasteiger partial charge in [-0.15, -0.1) is 0 Å². The van der Waals surface area contributed by atoms with Crippen molar-refractivity contribution in [1.29, 1.82) is 0 Å². The van der Waals surface area contributed by atoms with Crippen LogP contribution in [0.25, 0.3) is 11.1 Å². The van der Waals surface area contributed by atoms with Crippen molar-refractivity contribution in [3.63, 3.8) is 0 Å². The fourth-order valence-corrected chi connectivity index (χ4v) is 4.87. The largest absolute Gasteiger partial charge is 0.469 e. The van der Waals surface area contributed by atoms with Gasteiger partial charge in [0.1, 0.15) is 5.75 Å². The first-order valence-electron chi connectivity index (χ1n) is 11.1. The van der Waals surface area contributed by atoms with E-state index in [1.54, 1.807) is 6.07 Å². The van der Waals surface area contributed by atoms with Crippen LogP contribution in [0.1, 0.15) is 43.7 Å². The summed E-state index contributed by atoms with van der Waals surface area (Å²) in [7, 11) is 1.31. The first-order valence-corrected chi connectivity index (χ1v) is 11.4. The van der Waals surface area contributed by atoms with Gasteiger partial charge in [-0.1, -0.05) is 17.7 Å². The van der Waals surface area contributed by atoms with Gasteiger partial charge >= 0.3 is 12.6 Å². The number of alkyl halides is 2. The maximum atomic E-state index is 14.7. The lowest BCUT2D eigenvalue weighted by molar-refractivity contribution is -0.183. The third kappa shape index (κ3) is 5.31. The van der Waals surface area contributed by atoms with E-state index in [9.17, 15) is 18.0 Å². The zero-order chi connectivity index (χ0) is 24.3. The van der Waals surface area contributed by atoms with Crippen molar-refractivity contribution in [2.24, 2.45) is 5.92 Å². The zero-order valence-electron chi connectivity index (χ0n) is 18.6. The summed E-state index contributed by atoms with van der Waals surface area (Å²) in [5.74, 6) is -2.54. The Labute approximate surface area is 200 Å². The van der Waals surface area contributed by atoms with Crippen molar-refractivity contribution in [1.82, 2.24) is 4.98 Å². The number of aromatic nitrogens is 1. The van der Waals surface area contributed by atoms with Crippen LogP contribution in [0.2, 0.25) is 5.02 Å². The monoisotopic (exact) mass is 499 g/mol. The second kappa shape index (κ2) is 10.5. The number of halogens is 4. The van der Waals surface area contributed by atoms with Crippen LogP contribution in [0.3, 0.4) is 0 Å². The molecule has 4 rings (SSSR count). The van der Waals surface area contributed by atoms with Crippen LogP contribution in [0.15, 0.2) is 30.5 Å². The van der Waals surface area contributed by atoms with Gasteiger partial charge in [-0.2, -0.15) is 8.78 Å². The number of methoxy groups -OCH3 is 1. The molecule has 1 aromatic heterocycles. The van der Waals surface area contributed by atoms with Gasteiger partial charge in [0.05, 0.1) is 42.5 Å². The summed E-state index contributed by atoms with van der Waals surface area (Å²) in [5.41, 5.74) is 0.414. The number of nitrogens with zero attached hydrogens (tertiary/aromatic N) is 1. The molecule has 1 atom stereocenters. The Kier molecular flexibility index (Phi) is 7.64. The Morgan fingerprint density at radius 2 is 1.91 bits per heavy atom. The highest BCUT2D eigenvalue weighted by atomic mass is 35.5. The summed E-state index contributed by atoms with van der Waals surface area (Å²) < 4.78 is 61.3. The van der Waals surface area contributed by atoms with Crippen LogP contribution in [-0.4, -0.2) is 43.7 Å². The molecule has 184 valence electrons. The lowest BCUT2D eigenvalue weighted by Gasteiger charge is -2.36. The lowest BCUT2D eigenvalue weighted by atomic mass is 9.79. The molecule has 10 heteroatoms. The molecule has 0 bridgehead atoms. The topological polar surface area (TPSA) is 66.9 Å². The molecule has 2 fully saturated rings. The predicted octanol–water partition coefficient (Wildman–Crippen LogP) is 5.72. The predicted molar refractivity (Wildman–Crippen MR) is 117 cm³/mol. The van der Waals surface area contributed by atoms with E-state index in [1.807, 2.05) is 0 Å². The van der Waals surface area contributed by atoms with Crippen molar-refractivity contribution in [3.05, 3.63) is 47.0 Å². The van der Waals surface area contributed by atoms with Gasteiger partial charge in [-0.3, -0.25) is 9.78 Å². The molecule has 0 radical (unpaired) electrons. The number of carbonyl (C=O) groups is 1. The molecule has 1 saturated heterocycles. The van der Waals surface area contributed by atoms with Gasteiger partial charge in [-0.05, 0) is 43.4 Å². The summed E-state index contributed by atoms with van der Waals surface area (Å²) in [6, 6.07) is 5.38. The third-order valence-corrected chi connectivity index (χ3v) is 6.73. The first kappa shape index (κ1) is 24.8. The minimum absolute atomic E-state index is 0.193. The van der Waals surface area contributed by atoms with Crippen LogP contribution in [0.5, 0.6) is 5.75 Å². The molecular formula is C24H25ClF3NO5. The number of pyridine rings is 1. The molecule has 2 heterocycles. The maximum absolute atomic E-state index is 14.7. The number of hydrogen-bond acceptors (Lipinski definition) is 6. The van der Waals surface area contributed by atoms with Gasteiger partial charge in [0.25, 0.3) is 0 Å². The molecule has 34 heavy (non-hydrogen) atoms. The van der Waals surface area contributed by atoms with Gasteiger partial charge in [0.2, 0.25) is 0 Å². The number of carbonyl (C=O) groups excluding carboxylic acids is 1. The van der Waals surface area contributed by atoms with E-state index in [-0.39, 0.29) is 27.8 Å². The highest BCUT2D eigenvalue weighted by Crippen LogP contribution is 2.42. The van der Waals surface area contributed by atoms with Gasteiger partial charge in [-0.25, -0.2) is 4.39 Å². The molecule has 2 aliphatic rings. The maximum Gasteiger partial charge on any atom is 0.387 e. The SMILES string of the molecule is COC(=O)C(CC1CCC2(CC1)OCCO2)c1ccc(-c2c(OC(F)F)ccc(Cl)c2F)cn1. The minimum atomic E-state index is -3.13. The molecule has 2 aromatic rings. The number of esters is 1. The molecule has 1 aromatic carbocycles. The van der Waals surface area contributed by atoms with E-state index < -0.39 is 30.1 Å². The molecule has 1 aliphatic carbocycles. The van der Waals surface area contributed by atoms with Crippen LogP contribution in [0, 0.1) is 11.7 Å². The molecule has 1 aliphatic heterocycles. The number of benzene rings is 1. The normalized spacial score (nSPS) is 18.9. The van der Waals surface area contributed by atoms with Crippen LogP contribution in [0.4, 0.5) is 13.2 Å². The molecule has 6 nitrogen and oxygen atoms in total. The molecule has 1 unspecified atom stereocenters. The lowest BCUT2D eigenvalue weighted by Crippen LogP contribution is -2.35. The summed E-state index contributed by atoms with van der Waals surface area (Å²) in [4.78, 5) is 16.9. The minimum Gasteiger partial charge on any atom is -0.469 e. The fourth-order valence-electron chi connectivity index (χ4n) is 4.71. The zero-order valence-corrected chi connectivity index (χ0v) is 19.3. The Hall–Kier alpha value is -2.36. The Bertz CT molecular complexity index is 1000. The van der Waals surface area contributed by atoms with Gasteiger partial charge in [0.15, 0.2) is 11.6 Å². The standard InChI is InChI=1S/C24H25ClF3NO5/c1-31-22(30)16(12-14-6-8-24(9-7-14)32-10-11-33-24)18-4-2-15(13-29-18)20-19(34-23(27)28)5-3-17(25)21(20)26/h2-5,13-14,16,23H,6-12H2,1H3. The van der Waals surface area contributed by atoms with Crippen LogP contribution in [-0.2, 0) is 19.0 Å². The Balaban J connectivity index is 1.54. The van der Waals surface area contributed by atoms with Crippen LogP contribution < -0.4 is 4.74 Å². The van der Waals surface area contributed by atoms with E-state index in [2.05, 4.69) is 9.72 Å². The smallest absolute Gasteiger partial charge is 0.387 e. The highest BCUT2D eigenvalue weighted by Gasteiger charge is 2.41. The Morgan fingerprint density at radius 1 is 1.21 bits per heavy atom. The van der Waals surface area contributed by atoms with E-state index in [4.69, 9.17) is 25.8 Å². The summed E-state index contributed by atoms with van der Waals surface area (Å²) in [6.45, 7) is -1.93. The molecule has 0 N–H and O–H groups in total. The van der Waals surface area contributed by atoms with Crippen molar-refractivity contribution in [2.75, 3.05) is 20.3 Å². The average Bonchev–Trinajstić information content (AvgIpc) is 3.29. The van der Waals surface area contributed by atoms with Crippen LogP contribution >= 0.6 is 11.6 Å². The number of rotatable bonds is 7. The van der Waals surface area contributed by atoms with Crippen molar-refractivity contribution in [2.45, 2.75) is 50.4 Å². The molecular weight excluding hydrogens is 475 g/mol. The molecule has 1 saturated carbocycles. The third-order valence-electron chi connectivity index (χ3n) is 6.44. The van der Waals surface area contributed by atoms with Crippen molar-refractivity contribution < 1.29 is 36.9 Å². The van der Waals surface area contributed by atoms with Crippen molar-refractivity contribution in [3.8, 4) is 16.9 Å². The fraction of sp³-hybridized carbons (Fsp3) is 0.500. The quantitative estimate of drug-likeness (QED) is 0.454.